The zero-order valence-corrected chi connectivity index (χ0v) is 11.2. The minimum atomic E-state index is -0.733. The molecule has 2 aliphatic rings. The lowest BCUT2D eigenvalue weighted by Crippen LogP contribution is -2.34. The molecule has 4 heteroatoms. The Bertz CT molecular complexity index is 511. The van der Waals surface area contributed by atoms with Crippen LogP contribution in [0.25, 0.3) is 0 Å². The van der Waals surface area contributed by atoms with Crippen molar-refractivity contribution in [2.75, 3.05) is 0 Å². The molecular weight excluding hydrogens is 244 g/mol. The Hall–Kier alpha value is -1.05. The lowest BCUT2D eigenvalue weighted by Gasteiger charge is -2.36. The van der Waals surface area contributed by atoms with E-state index in [1.807, 2.05) is 24.8 Å². The van der Waals surface area contributed by atoms with E-state index >= 15 is 0 Å². The van der Waals surface area contributed by atoms with Crippen LogP contribution in [-0.2, 0) is 5.60 Å². The molecule has 2 saturated heterocycles. The number of thioether (sulfide) groups is 1. The van der Waals surface area contributed by atoms with Crippen LogP contribution in [0.15, 0.2) is 12.3 Å². The molecule has 2 bridgehead atoms. The summed E-state index contributed by atoms with van der Waals surface area (Å²) in [4.78, 5) is 4.16. The summed E-state index contributed by atoms with van der Waals surface area (Å²) in [6.45, 7) is 1.88. The van der Waals surface area contributed by atoms with Crippen molar-refractivity contribution in [3.05, 3.63) is 29.1 Å². The van der Waals surface area contributed by atoms with E-state index in [4.69, 9.17) is 5.26 Å². The van der Waals surface area contributed by atoms with Crippen LogP contribution in [0, 0.1) is 18.3 Å². The van der Waals surface area contributed by atoms with E-state index in [9.17, 15) is 5.11 Å². The normalized spacial score (nSPS) is 34.3. The Labute approximate surface area is 111 Å². The minimum Gasteiger partial charge on any atom is -0.385 e. The Kier molecular flexibility index (Phi) is 2.84. The van der Waals surface area contributed by atoms with Crippen molar-refractivity contribution in [1.82, 2.24) is 4.98 Å². The van der Waals surface area contributed by atoms with Gasteiger partial charge < -0.3 is 5.11 Å². The third kappa shape index (κ3) is 1.92. The largest absolute Gasteiger partial charge is 0.385 e. The third-order valence-electron chi connectivity index (χ3n) is 4.05. The van der Waals surface area contributed by atoms with Crippen molar-refractivity contribution < 1.29 is 5.11 Å². The molecule has 0 spiro atoms. The predicted octanol–water partition coefficient (Wildman–Crippen LogP) is 2.51. The molecule has 3 nitrogen and oxygen atoms in total. The third-order valence-corrected chi connectivity index (χ3v) is 5.62. The monoisotopic (exact) mass is 260 g/mol. The Morgan fingerprint density at radius 1 is 1.44 bits per heavy atom. The highest BCUT2D eigenvalue weighted by molar-refractivity contribution is 8.00. The first-order valence-corrected chi connectivity index (χ1v) is 7.30. The summed E-state index contributed by atoms with van der Waals surface area (Å²) in [6, 6.07) is 4.00. The lowest BCUT2D eigenvalue weighted by atomic mass is 9.86. The van der Waals surface area contributed by atoms with E-state index in [1.54, 1.807) is 6.20 Å². The molecule has 0 amide bonds. The van der Waals surface area contributed by atoms with Gasteiger partial charge in [0.2, 0.25) is 0 Å². The number of rotatable bonds is 1. The molecule has 3 heterocycles. The fourth-order valence-electron chi connectivity index (χ4n) is 3.10. The minimum absolute atomic E-state index is 0.454. The number of aliphatic hydroxyl groups is 1. The highest BCUT2D eigenvalue weighted by Crippen LogP contribution is 2.51. The second kappa shape index (κ2) is 4.25. The summed E-state index contributed by atoms with van der Waals surface area (Å²) in [7, 11) is 0. The summed E-state index contributed by atoms with van der Waals surface area (Å²) in [6.07, 6.45) is 5.77. The van der Waals surface area contributed by atoms with Crippen LogP contribution in [0.3, 0.4) is 0 Å². The maximum absolute atomic E-state index is 10.9. The number of hydrogen-bond donors (Lipinski definition) is 1. The van der Waals surface area contributed by atoms with Gasteiger partial charge in [0, 0.05) is 22.3 Å². The van der Waals surface area contributed by atoms with E-state index in [-0.39, 0.29) is 0 Å². The van der Waals surface area contributed by atoms with Crippen molar-refractivity contribution in [3.8, 4) is 6.07 Å². The van der Waals surface area contributed by atoms with Crippen molar-refractivity contribution in [2.24, 2.45) is 0 Å². The van der Waals surface area contributed by atoms with Crippen LogP contribution in [0.2, 0.25) is 0 Å². The van der Waals surface area contributed by atoms with Crippen molar-refractivity contribution in [3.63, 3.8) is 0 Å². The molecule has 0 saturated carbocycles. The molecule has 2 fully saturated rings. The Morgan fingerprint density at radius 3 is 2.67 bits per heavy atom. The molecule has 2 atom stereocenters. The van der Waals surface area contributed by atoms with Gasteiger partial charge in [-0.25, -0.2) is 4.98 Å². The quantitative estimate of drug-likeness (QED) is 0.843. The van der Waals surface area contributed by atoms with Gasteiger partial charge in [-0.05, 0) is 44.2 Å². The first kappa shape index (κ1) is 12.0. The summed E-state index contributed by atoms with van der Waals surface area (Å²) in [5, 5.41) is 21.0. The number of nitriles is 1. The van der Waals surface area contributed by atoms with Crippen LogP contribution < -0.4 is 0 Å². The standard InChI is InChI=1S/C14H16N2OS/c1-9-4-10(8-16-13(9)7-15)14(17)5-11-2-3-12(6-14)18-11/h4,8,11-12,17H,2-3,5-6H2,1H3. The van der Waals surface area contributed by atoms with Crippen LogP contribution in [-0.4, -0.2) is 20.6 Å². The van der Waals surface area contributed by atoms with E-state index in [1.165, 1.54) is 12.8 Å². The van der Waals surface area contributed by atoms with Gasteiger partial charge in [-0.1, -0.05) is 0 Å². The summed E-state index contributed by atoms with van der Waals surface area (Å²) < 4.78 is 0. The number of aromatic nitrogens is 1. The van der Waals surface area contributed by atoms with E-state index in [2.05, 4.69) is 11.1 Å². The van der Waals surface area contributed by atoms with E-state index < -0.39 is 5.60 Å². The van der Waals surface area contributed by atoms with Crippen LogP contribution >= 0.6 is 11.8 Å². The highest BCUT2D eigenvalue weighted by Gasteiger charge is 2.44. The fourth-order valence-corrected chi connectivity index (χ4v) is 4.93. The van der Waals surface area contributed by atoms with E-state index in [0.29, 0.717) is 16.2 Å². The summed E-state index contributed by atoms with van der Waals surface area (Å²) in [5.74, 6) is 0. The Morgan fingerprint density at radius 2 is 2.11 bits per heavy atom. The van der Waals surface area contributed by atoms with Crippen molar-refractivity contribution in [1.29, 1.82) is 5.26 Å². The molecule has 1 aromatic heterocycles. The highest BCUT2D eigenvalue weighted by atomic mass is 32.2. The molecule has 0 radical (unpaired) electrons. The maximum Gasteiger partial charge on any atom is 0.143 e. The van der Waals surface area contributed by atoms with Gasteiger partial charge in [-0.2, -0.15) is 17.0 Å². The molecular formula is C14H16N2OS. The van der Waals surface area contributed by atoms with Gasteiger partial charge in [0.05, 0.1) is 5.60 Å². The van der Waals surface area contributed by atoms with Crippen LogP contribution in [0.1, 0.15) is 42.5 Å². The Balaban J connectivity index is 1.94. The average molecular weight is 260 g/mol. The topological polar surface area (TPSA) is 56.9 Å². The molecule has 18 heavy (non-hydrogen) atoms. The molecule has 2 unspecified atom stereocenters. The zero-order valence-electron chi connectivity index (χ0n) is 10.4. The number of pyridine rings is 1. The van der Waals surface area contributed by atoms with Crippen LogP contribution in [0.5, 0.6) is 0 Å². The first-order chi connectivity index (χ1) is 8.60. The number of nitrogens with zero attached hydrogens (tertiary/aromatic N) is 2. The molecule has 0 aliphatic carbocycles. The first-order valence-electron chi connectivity index (χ1n) is 6.36. The van der Waals surface area contributed by atoms with Crippen molar-refractivity contribution >= 4 is 11.8 Å². The zero-order chi connectivity index (χ0) is 12.8. The van der Waals surface area contributed by atoms with Crippen molar-refractivity contribution in [2.45, 2.75) is 48.7 Å². The molecule has 2 aliphatic heterocycles. The molecule has 94 valence electrons. The number of hydrogen-bond acceptors (Lipinski definition) is 4. The second-order valence-electron chi connectivity index (χ2n) is 5.40. The molecule has 0 aromatic carbocycles. The van der Waals surface area contributed by atoms with Gasteiger partial charge in [-0.15, -0.1) is 0 Å². The summed E-state index contributed by atoms with van der Waals surface area (Å²) >= 11 is 2.03. The van der Waals surface area contributed by atoms with Gasteiger partial charge in [0.25, 0.3) is 0 Å². The molecule has 3 rings (SSSR count). The number of aryl methyl sites for hydroxylation is 1. The van der Waals surface area contributed by atoms with Crippen LogP contribution in [0.4, 0.5) is 0 Å². The SMILES string of the molecule is Cc1cc(C2(O)CC3CCC(C2)S3)cnc1C#N. The molecule has 1 N–H and O–H groups in total. The van der Waals surface area contributed by atoms with Gasteiger partial charge in [0.15, 0.2) is 0 Å². The second-order valence-corrected chi connectivity index (χ2v) is 7.00. The maximum atomic E-state index is 10.9. The fraction of sp³-hybridized carbons (Fsp3) is 0.571. The molecule has 1 aromatic rings. The average Bonchev–Trinajstić information content (AvgIpc) is 2.69. The smallest absolute Gasteiger partial charge is 0.143 e. The van der Waals surface area contributed by atoms with Gasteiger partial charge in [0.1, 0.15) is 11.8 Å². The van der Waals surface area contributed by atoms with Gasteiger partial charge >= 0.3 is 0 Å². The predicted molar refractivity (Wildman–Crippen MR) is 71.2 cm³/mol. The lowest BCUT2D eigenvalue weighted by molar-refractivity contribution is 0.0192. The van der Waals surface area contributed by atoms with E-state index in [0.717, 1.165) is 24.0 Å². The summed E-state index contributed by atoms with van der Waals surface area (Å²) in [5.41, 5.74) is 1.46. The van der Waals surface area contributed by atoms with Gasteiger partial charge in [-0.3, -0.25) is 0 Å². The number of fused-ring (bicyclic) bond motifs is 2.